The van der Waals surface area contributed by atoms with E-state index in [0.29, 0.717) is 19.0 Å². The molecule has 0 aliphatic heterocycles. The molecule has 9 heteroatoms. The summed E-state index contributed by atoms with van der Waals surface area (Å²) in [6.45, 7) is 1.69. The minimum atomic E-state index is -4.36. The minimum absolute atomic E-state index is 0. The van der Waals surface area contributed by atoms with Crippen molar-refractivity contribution in [1.82, 2.24) is 10.6 Å². The van der Waals surface area contributed by atoms with Gasteiger partial charge in [-0.05, 0) is 50.3 Å². The lowest BCUT2D eigenvalue weighted by Gasteiger charge is -2.27. The van der Waals surface area contributed by atoms with Gasteiger partial charge in [0.05, 0.1) is 12.6 Å². The Morgan fingerprint density at radius 1 is 1.26 bits per heavy atom. The van der Waals surface area contributed by atoms with E-state index in [1.54, 1.807) is 18.2 Å². The lowest BCUT2D eigenvalue weighted by molar-refractivity contribution is -0.153. The van der Waals surface area contributed by atoms with Crippen molar-refractivity contribution in [1.29, 1.82) is 0 Å². The third-order valence-electron chi connectivity index (χ3n) is 4.10. The molecular weight excluding hydrogens is 474 g/mol. The fourth-order valence-electron chi connectivity index (χ4n) is 2.80. The molecule has 0 unspecified atom stereocenters. The molecule has 0 spiro atoms. The average molecular weight is 501 g/mol. The van der Waals surface area contributed by atoms with E-state index in [-0.39, 0.29) is 41.9 Å². The third kappa shape index (κ3) is 9.50. The summed E-state index contributed by atoms with van der Waals surface area (Å²) in [5, 5.41) is 16.1. The molecule has 27 heavy (non-hydrogen) atoms. The second kappa shape index (κ2) is 11.6. The Kier molecular flexibility index (Phi) is 10.2. The number of rotatable bonds is 6. The molecule has 2 rings (SSSR count). The van der Waals surface area contributed by atoms with Crippen molar-refractivity contribution >= 4 is 29.9 Å². The zero-order chi connectivity index (χ0) is 19.0. The van der Waals surface area contributed by atoms with Gasteiger partial charge in [-0.3, -0.25) is 0 Å². The van der Waals surface area contributed by atoms with Gasteiger partial charge in [-0.2, -0.15) is 13.2 Å². The van der Waals surface area contributed by atoms with Crippen LogP contribution in [0.3, 0.4) is 0 Å². The summed E-state index contributed by atoms with van der Waals surface area (Å²) in [5.74, 6) is 0.838. The number of alkyl halides is 3. The van der Waals surface area contributed by atoms with Crippen LogP contribution in [-0.4, -0.2) is 42.5 Å². The Labute approximate surface area is 174 Å². The number of nitrogens with one attached hydrogen (secondary N) is 2. The van der Waals surface area contributed by atoms with Gasteiger partial charge in [-0.1, -0.05) is 12.1 Å². The van der Waals surface area contributed by atoms with Crippen LogP contribution in [0.25, 0.3) is 0 Å². The fraction of sp³-hybridized carbons (Fsp3) is 0.611. The number of benzene rings is 1. The van der Waals surface area contributed by atoms with Gasteiger partial charge in [-0.15, -0.1) is 24.0 Å². The predicted octanol–water partition coefficient (Wildman–Crippen LogP) is 3.60. The van der Waals surface area contributed by atoms with E-state index in [2.05, 4.69) is 15.6 Å². The Balaban J connectivity index is 0.00000364. The number of guanidine groups is 1. The lowest BCUT2D eigenvalue weighted by atomic mass is 9.93. The van der Waals surface area contributed by atoms with Crippen LogP contribution in [-0.2, 0) is 6.54 Å². The van der Waals surface area contributed by atoms with Crippen molar-refractivity contribution in [3.8, 4) is 5.75 Å². The SMILES string of the molecule is CCNC(=NCc1cccc(OCC(F)(F)F)c1)NC1CCC(O)CC1.I. The summed E-state index contributed by atoms with van der Waals surface area (Å²) in [6, 6.07) is 6.77. The Bertz CT molecular complexity index is 591. The third-order valence-corrected chi connectivity index (χ3v) is 4.10. The van der Waals surface area contributed by atoms with Crippen molar-refractivity contribution in [2.75, 3.05) is 13.2 Å². The van der Waals surface area contributed by atoms with E-state index in [1.807, 2.05) is 6.92 Å². The predicted molar refractivity (Wildman–Crippen MR) is 110 cm³/mol. The van der Waals surface area contributed by atoms with Crippen molar-refractivity contribution in [3.63, 3.8) is 0 Å². The molecule has 5 nitrogen and oxygen atoms in total. The number of halogens is 4. The smallest absolute Gasteiger partial charge is 0.422 e. The van der Waals surface area contributed by atoms with E-state index < -0.39 is 12.8 Å². The maximum absolute atomic E-state index is 12.2. The van der Waals surface area contributed by atoms with E-state index in [4.69, 9.17) is 4.74 Å². The average Bonchev–Trinajstić information content (AvgIpc) is 2.60. The Morgan fingerprint density at radius 3 is 2.59 bits per heavy atom. The molecule has 0 bridgehead atoms. The van der Waals surface area contributed by atoms with Crippen molar-refractivity contribution in [2.45, 2.75) is 57.5 Å². The van der Waals surface area contributed by atoms with Gasteiger partial charge in [0.1, 0.15) is 5.75 Å². The molecule has 0 atom stereocenters. The molecule has 1 saturated carbocycles. The monoisotopic (exact) mass is 501 g/mol. The standard InChI is InChI=1S/C18H26F3N3O2.HI/c1-2-22-17(24-14-6-8-15(25)9-7-14)23-11-13-4-3-5-16(10-13)26-12-18(19,20)21;/h3-5,10,14-15,25H,2,6-9,11-12H2,1H3,(H2,22,23,24);1H. The van der Waals surface area contributed by atoms with Crippen LogP contribution >= 0.6 is 24.0 Å². The van der Waals surface area contributed by atoms with Crippen LogP contribution in [0.4, 0.5) is 13.2 Å². The number of aliphatic hydroxyl groups excluding tert-OH is 1. The Morgan fingerprint density at radius 2 is 1.96 bits per heavy atom. The highest BCUT2D eigenvalue weighted by molar-refractivity contribution is 14.0. The molecule has 1 aliphatic rings. The maximum Gasteiger partial charge on any atom is 0.422 e. The quantitative estimate of drug-likeness (QED) is 0.317. The molecule has 0 heterocycles. The first kappa shape index (κ1) is 23.8. The molecule has 1 aliphatic carbocycles. The molecule has 1 aromatic rings. The molecule has 1 aromatic carbocycles. The van der Waals surface area contributed by atoms with Crippen LogP contribution in [0, 0.1) is 0 Å². The summed E-state index contributed by atoms with van der Waals surface area (Å²) in [5.41, 5.74) is 0.765. The molecule has 154 valence electrons. The molecule has 1 fully saturated rings. The number of aliphatic hydroxyl groups is 1. The van der Waals surface area contributed by atoms with Gasteiger partial charge in [0.25, 0.3) is 0 Å². The van der Waals surface area contributed by atoms with E-state index in [9.17, 15) is 18.3 Å². The lowest BCUT2D eigenvalue weighted by Crippen LogP contribution is -2.45. The summed E-state index contributed by atoms with van der Waals surface area (Å²) in [6.07, 6.45) is -1.26. The molecule has 0 radical (unpaired) electrons. The maximum atomic E-state index is 12.2. The second-order valence-electron chi connectivity index (χ2n) is 6.40. The molecule has 0 amide bonds. The van der Waals surface area contributed by atoms with Gasteiger partial charge in [0, 0.05) is 12.6 Å². The highest BCUT2D eigenvalue weighted by atomic mass is 127. The molecular formula is C18H27F3IN3O2. The largest absolute Gasteiger partial charge is 0.484 e. The summed E-state index contributed by atoms with van der Waals surface area (Å²) in [4.78, 5) is 4.50. The van der Waals surface area contributed by atoms with Gasteiger partial charge in [-0.25, -0.2) is 4.99 Å². The van der Waals surface area contributed by atoms with Crippen LogP contribution in [0.2, 0.25) is 0 Å². The van der Waals surface area contributed by atoms with E-state index in [1.165, 1.54) is 6.07 Å². The fourth-order valence-corrected chi connectivity index (χ4v) is 2.80. The minimum Gasteiger partial charge on any atom is -0.484 e. The molecule has 0 saturated heterocycles. The van der Waals surface area contributed by atoms with Gasteiger partial charge < -0.3 is 20.5 Å². The highest BCUT2D eigenvalue weighted by Crippen LogP contribution is 2.20. The van der Waals surface area contributed by atoms with Gasteiger partial charge in [0.2, 0.25) is 0 Å². The van der Waals surface area contributed by atoms with Crippen LogP contribution in [0.15, 0.2) is 29.3 Å². The summed E-state index contributed by atoms with van der Waals surface area (Å²) < 4.78 is 41.5. The molecule has 3 N–H and O–H groups in total. The topological polar surface area (TPSA) is 65.9 Å². The van der Waals surface area contributed by atoms with Crippen LogP contribution < -0.4 is 15.4 Å². The van der Waals surface area contributed by atoms with Crippen molar-refractivity contribution in [2.24, 2.45) is 4.99 Å². The number of hydrogen-bond donors (Lipinski definition) is 3. The van der Waals surface area contributed by atoms with Crippen LogP contribution in [0.5, 0.6) is 5.75 Å². The van der Waals surface area contributed by atoms with E-state index >= 15 is 0 Å². The number of aliphatic imine (C=N–C) groups is 1. The zero-order valence-electron chi connectivity index (χ0n) is 15.3. The first-order valence-electron chi connectivity index (χ1n) is 8.87. The normalized spacial score (nSPS) is 20.6. The molecule has 0 aromatic heterocycles. The van der Waals surface area contributed by atoms with Crippen molar-refractivity contribution < 1.29 is 23.0 Å². The first-order valence-corrected chi connectivity index (χ1v) is 8.87. The second-order valence-corrected chi connectivity index (χ2v) is 6.40. The number of ether oxygens (including phenoxy) is 1. The highest BCUT2D eigenvalue weighted by Gasteiger charge is 2.28. The van der Waals surface area contributed by atoms with E-state index in [0.717, 1.165) is 31.2 Å². The zero-order valence-corrected chi connectivity index (χ0v) is 17.6. The van der Waals surface area contributed by atoms with Gasteiger partial charge >= 0.3 is 6.18 Å². The first-order chi connectivity index (χ1) is 12.4. The number of hydrogen-bond acceptors (Lipinski definition) is 3. The summed E-state index contributed by atoms with van der Waals surface area (Å²) in [7, 11) is 0. The Hall–Kier alpha value is -1.23. The number of nitrogens with zero attached hydrogens (tertiary/aromatic N) is 1. The summed E-state index contributed by atoms with van der Waals surface area (Å²) >= 11 is 0. The van der Waals surface area contributed by atoms with Crippen LogP contribution in [0.1, 0.15) is 38.2 Å². The van der Waals surface area contributed by atoms with Crippen molar-refractivity contribution in [3.05, 3.63) is 29.8 Å². The van der Waals surface area contributed by atoms with Gasteiger partial charge in [0.15, 0.2) is 12.6 Å².